The summed E-state index contributed by atoms with van der Waals surface area (Å²) in [5.74, 6) is 0. The van der Waals surface area contributed by atoms with Gasteiger partial charge in [-0.2, -0.15) is 5.26 Å². The number of nitrogens with one attached hydrogen (secondary N) is 2. The van der Waals surface area contributed by atoms with E-state index in [1.165, 1.54) is 11.3 Å². The molecular formula is C15H14ClN3OS. The lowest BCUT2D eigenvalue weighted by Crippen LogP contribution is -2.19. The molecule has 2 N–H and O–H groups in total. The van der Waals surface area contributed by atoms with Crippen LogP contribution in [0.2, 0.25) is 5.02 Å². The van der Waals surface area contributed by atoms with Crippen LogP contribution in [-0.2, 0) is 6.42 Å². The van der Waals surface area contributed by atoms with Crippen LogP contribution >= 0.6 is 22.9 Å². The molecule has 6 heteroatoms. The van der Waals surface area contributed by atoms with Crippen molar-refractivity contribution < 1.29 is 4.79 Å². The highest BCUT2D eigenvalue weighted by Crippen LogP contribution is 2.32. The Morgan fingerprint density at radius 1 is 1.43 bits per heavy atom. The molecule has 1 aromatic heterocycles. The second-order valence-electron chi connectivity index (χ2n) is 4.40. The average Bonchev–Trinajstić information content (AvgIpc) is 2.73. The Hall–Kier alpha value is -2.03. The van der Waals surface area contributed by atoms with Crippen LogP contribution in [0.1, 0.15) is 22.9 Å². The third kappa shape index (κ3) is 3.54. The molecule has 0 aliphatic heterocycles. The monoisotopic (exact) mass is 319 g/mol. The normalized spacial score (nSPS) is 10.0. The van der Waals surface area contributed by atoms with Gasteiger partial charge in [0.25, 0.3) is 0 Å². The number of nitrogens with zero attached hydrogens (tertiary/aromatic N) is 1. The fraction of sp³-hybridized carbons (Fsp3) is 0.200. The van der Waals surface area contributed by atoms with E-state index in [-0.39, 0.29) is 0 Å². The Labute approximate surface area is 132 Å². The van der Waals surface area contributed by atoms with Crippen LogP contribution in [0.15, 0.2) is 24.3 Å². The minimum absolute atomic E-state index is 0.391. The van der Waals surface area contributed by atoms with E-state index < -0.39 is 6.03 Å². The van der Waals surface area contributed by atoms with E-state index >= 15 is 0 Å². The number of rotatable bonds is 3. The molecule has 21 heavy (non-hydrogen) atoms. The van der Waals surface area contributed by atoms with Crippen LogP contribution in [0.3, 0.4) is 0 Å². The molecule has 4 nitrogen and oxygen atoms in total. The molecule has 0 saturated carbocycles. The van der Waals surface area contributed by atoms with Gasteiger partial charge in [0, 0.05) is 15.6 Å². The van der Waals surface area contributed by atoms with E-state index in [9.17, 15) is 10.1 Å². The number of urea groups is 1. The van der Waals surface area contributed by atoms with Gasteiger partial charge in [-0.15, -0.1) is 11.3 Å². The third-order valence-electron chi connectivity index (χ3n) is 2.98. The van der Waals surface area contributed by atoms with Crippen molar-refractivity contribution in [3.05, 3.63) is 45.3 Å². The molecule has 2 amide bonds. The van der Waals surface area contributed by atoms with Crippen LogP contribution < -0.4 is 10.6 Å². The summed E-state index contributed by atoms with van der Waals surface area (Å²) in [6, 6.07) is 8.65. The number of anilines is 2. The highest BCUT2D eigenvalue weighted by molar-refractivity contribution is 7.16. The predicted octanol–water partition coefficient (Wildman–Crippen LogP) is 4.79. The maximum atomic E-state index is 12.0. The van der Waals surface area contributed by atoms with Crippen LogP contribution in [-0.4, -0.2) is 6.03 Å². The lowest BCUT2D eigenvalue weighted by molar-refractivity contribution is 0.262. The summed E-state index contributed by atoms with van der Waals surface area (Å²) in [6.07, 6.45) is 0.767. The minimum atomic E-state index is -0.391. The smallest absolute Gasteiger partial charge is 0.308 e. The van der Waals surface area contributed by atoms with Gasteiger partial charge in [-0.05, 0) is 37.1 Å². The fourth-order valence-electron chi connectivity index (χ4n) is 2.04. The Morgan fingerprint density at radius 2 is 2.19 bits per heavy atom. The van der Waals surface area contributed by atoms with Crippen molar-refractivity contribution in [2.24, 2.45) is 0 Å². The van der Waals surface area contributed by atoms with E-state index in [4.69, 9.17) is 11.6 Å². The van der Waals surface area contributed by atoms with Crippen molar-refractivity contribution in [2.45, 2.75) is 20.3 Å². The highest BCUT2D eigenvalue weighted by atomic mass is 35.5. The van der Waals surface area contributed by atoms with Gasteiger partial charge in [-0.1, -0.05) is 24.6 Å². The van der Waals surface area contributed by atoms with Crippen molar-refractivity contribution in [3.63, 3.8) is 0 Å². The number of halogens is 1. The van der Waals surface area contributed by atoms with E-state index in [0.29, 0.717) is 21.3 Å². The highest BCUT2D eigenvalue weighted by Gasteiger charge is 2.16. The number of nitriles is 1. The summed E-state index contributed by atoms with van der Waals surface area (Å²) < 4.78 is 0. The molecule has 0 atom stereocenters. The maximum Gasteiger partial charge on any atom is 0.324 e. The molecule has 2 rings (SSSR count). The van der Waals surface area contributed by atoms with Crippen molar-refractivity contribution in [1.82, 2.24) is 0 Å². The van der Waals surface area contributed by atoms with Crippen LogP contribution in [0.4, 0.5) is 15.5 Å². The largest absolute Gasteiger partial charge is 0.324 e. The van der Waals surface area contributed by atoms with Gasteiger partial charge in [0.05, 0.1) is 5.56 Å². The summed E-state index contributed by atoms with van der Waals surface area (Å²) in [4.78, 5) is 13.1. The second kappa shape index (κ2) is 6.61. The van der Waals surface area contributed by atoms with E-state index in [2.05, 4.69) is 16.7 Å². The number of hydrogen-bond acceptors (Lipinski definition) is 3. The second-order valence-corrected chi connectivity index (χ2v) is 6.06. The Bertz CT molecular complexity index is 718. The molecule has 108 valence electrons. The molecule has 0 aliphatic carbocycles. The van der Waals surface area contributed by atoms with Crippen LogP contribution in [0.5, 0.6) is 0 Å². The lowest BCUT2D eigenvalue weighted by Gasteiger charge is -2.06. The summed E-state index contributed by atoms with van der Waals surface area (Å²) in [5, 5.41) is 15.8. The van der Waals surface area contributed by atoms with E-state index in [1.54, 1.807) is 24.3 Å². The molecule has 0 spiro atoms. The Balaban J connectivity index is 2.15. The lowest BCUT2D eigenvalue weighted by atomic mass is 10.1. The quantitative estimate of drug-likeness (QED) is 0.854. The summed E-state index contributed by atoms with van der Waals surface area (Å²) in [5.41, 5.74) is 2.13. The van der Waals surface area contributed by atoms with E-state index in [1.807, 2.05) is 13.8 Å². The zero-order valence-electron chi connectivity index (χ0n) is 11.7. The molecular weight excluding hydrogens is 306 g/mol. The molecule has 0 unspecified atom stereocenters. The molecule has 2 aromatic rings. The average molecular weight is 320 g/mol. The third-order valence-corrected chi connectivity index (χ3v) is 4.28. The fourth-order valence-corrected chi connectivity index (χ4v) is 3.32. The van der Waals surface area contributed by atoms with E-state index in [0.717, 1.165) is 16.9 Å². The Kier molecular flexibility index (Phi) is 4.84. The minimum Gasteiger partial charge on any atom is -0.308 e. The zero-order chi connectivity index (χ0) is 15.4. The predicted molar refractivity (Wildman–Crippen MR) is 87.2 cm³/mol. The number of thiophene rings is 1. The molecule has 1 heterocycles. The summed E-state index contributed by atoms with van der Waals surface area (Å²) >= 11 is 7.28. The topological polar surface area (TPSA) is 64.9 Å². The van der Waals surface area contributed by atoms with Gasteiger partial charge in [0.2, 0.25) is 0 Å². The molecule has 0 radical (unpaired) electrons. The van der Waals surface area contributed by atoms with Gasteiger partial charge in [-0.25, -0.2) is 4.79 Å². The maximum absolute atomic E-state index is 12.0. The standard InChI is InChI=1S/C15H14ClN3OS/c1-3-12-9(2)21-14(13(12)8-17)19-15(20)18-11-6-4-5-10(16)7-11/h4-7H,3H2,1-2H3,(H2,18,19,20). The van der Waals surface area contributed by atoms with Gasteiger partial charge in [0.15, 0.2) is 0 Å². The molecule has 0 aliphatic rings. The SMILES string of the molecule is CCc1c(C)sc(NC(=O)Nc2cccc(Cl)c2)c1C#N. The number of aryl methyl sites for hydroxylation is 1. The molecule has 0 fully saturated rings. The number of hydrogen-bond donors (Lipinski definition) is 2. The first-order valence-corrected chi connectivity index (χ1v) is 7.60. The number of amides is 2. The van der Waals surface area contributed by atoms with Gasteiger partial charge < -0.3 is 5.32 Å². The molecule has 1 aromatic carbocycles. The van der Waals surface area contributed by atoms with Crippen LogP contribution in [0.25, 0.3) is 0 Å². The van der Waals surface area contributed by atoms with Crippen LogP contribution in [0, 0.1) is 18.3 Å². The first-order chi connectivity index (χ1) is 10.0. The van der Waals surface area contributed by atoms with Gasteiger partial charge >= 0.3 is 6.03 Å². The number of carbonyl (C=O) groups excluding carboxylic acids is 1. The summed E-state index contributed by atoms with van der Waals surface area (Å²) in [6.45, 7) is 3.94. The molecule has 0 saturated heterocycles. The first kappa shape index (κ1) is 15.4. The van der Waals surface area contributed by atoms with Crippen molar-refractivity contribution in [3.8, 4) is 6.07 Å². The zero-order valence-corrected chi connectivity index (χ0v) is 13.2. The van der Waals surface area contributed by atoms with Crippen molar-refractivity contribution in [1.29, 1.82) is 5.26 Å². The number of benzene rings is 1. The molecule has 0 bridgehead atoms. The van der Waals surface area contributed by atoms with Gasteiger partial charge in [-0.3, -0.25) is 5.32 Å². The van der Waals surface area contributed by atoms with Crippen molar-refractivity contribution >= 4 is 39.7 Å². The Morgan fingerprint density at radius 3 is 2.81 bits per heavy atom. The summed E-state index contributed by atoms with van der Waals surface area (Å²) in [7, 11) is 0. The first-order valence-electron chi connectivity index (χ1n) is 6.41. The number of carbonyl (C=O) groups is 1. The van der Waals surface area contributed by atoms with Gasteiger partial charge in [0.1, 0.15) is 11.1 Å². The van der Waals surface area contributed by atoms with Crippen molar-refractivity contribution in [2.75, 3.05) is 10.6 Å².